The standard InChI is InChI=1S/C13H29NO3/c1-5-13(6-2,11-15)10-14-9-12(16-7-3)17-8-4/h12,14-15H,5-11H2,1-4H3. The second-order valence-electron chi connectivity index (χ2n) is 4.34. The van der Waals surface area contributed by atoms with Gasteiger partial charge in [-0.2, -0.15) is 0 Å². The van der Waals surface area contributed by atoms with Gasteiger partial charge >= 0.3 is 0 Å². The van der Waals surface area contributed by atoms with Crippen molar-refractivity contribution in [3.05, 3.63) is 0 Å². The fourth-order valence-corrected chi connectivity index (χ4v) is 1.77. The molecule has 0 fully saturated rings. The van der Waals surface area contributed by atoms with Crippen molar-refractivity contribution in [1.29, 1.82) is 0 Å². The summed E-state index contributed by atoms with van der Waals surface area (Å²) in [5, 5.41) is 12.8. The van der Waals surface area contributed by atoms with E-state index in [1.54, 1.807) is 0 Å². The molecule has 2 N–H and O–H groups in total. The van der Waals surface area contributed by atoms with Crippen molar-refractivity contribution < 1.29 is 14.6 Å². The third-order valence-electron chi connectivity index (χ3n) is 3.35. The second-order valence-corrected chi connectivity index (χ2v) is 4.34. The van der Waals surface area contributed by atoms with E-state index >= 15 is 0 Å². The molecule has 4 heteroatoms. The largest absolute Gasteiger partial charge is 0.396 e. The number of hydrogen-bond acceptors (Lipinski definition) is 4. The van der Waals surface area contributed by atoms with Gasteiger partial charge in [0.25, 0.3) is 0 Å². The molecule has 0 unspecified atom stereocenters. The van der Waals surface area contributed by atoms with Gasteiger partial charge in [-0.3, -0.25) is 0 Å². The Labute approximate surface area is 106 Å². The predicted octanol–water partition coefficient (Wildman–Crippen LogP) is 1.77. The highest BCUT2D eigenvalue weighted by molar-refractivity contribution is 4.78. The highest BCUT2D eigenvalue weighted by atomic mass is 16.7. The first-order valence-corrected chi connectivity index (χ1v) is 6.72. The zero-order valence-corrected chi connectivity index (χ0v) is 11.8. The van der Waals surface area contributed by atoms with E-state index in [4.69, 9.17) is 9.47 Å². The molecule has 0 aliphatic carbocycles. The van der Waals surface area contributed by atoms with Gasteiger partial charge in [0.15, 0.2) is 6.29 Å². The molecule has 0 aromatic heterocycles. The normalized spacial score (nSPS) is 12.4. The van der Waals surface area contributed by atoms with Gasteiger partial charge < -0.3 is 19.9 Å². The van der Waals surface area contributed by atoms with Gasteiger partial charge in [0, 0.05) is 38.3 Å². The molecule has 0 aliphatic heterocycles. The number of rotatable bonds is 11. The van der Waals surface area contributed by atoms with Gasteiger partial charge in [-0.05, 0) is 26.7 Å². The van der Waals surface area contributed by atoms with E-state index in [0.29, 0.717) is 19.8 Å². The summed E-state index contributed by atoms with van der Waals surface area (Å²) < 4.78 is 10.9. The fraction of sp³-hybridized carbons (Fsp3) is 1.00. The summed E-state index contributed by atoms with van der Waals surface area (Å²) >= 11 is 0. The van der Waals surface area contributed by atoms with E-state index in [1.165, 1.54) is 0 Å². The highest BCUT2D eigenvalue weighted by Crippen LogP contribution is 2.24. The Balaban J connectivity index is 3.99. The van der Waals surface area contributed by atoms with E-state index in [-0.39, 0.29) is 18.3 Å². The van der Waals surface area contributed by atoms with E-state index in [2.05, 4.69) is 19.2 Å². The summed E-state index contributed by atoms with van der Waals surface area (Å²) in [6.07, 6.45) is 1.76. The Kier molecular flexibility index (Phi) is 9.74. The van der Waals surface area contributed by atoms with Gasteiger partial charge in [0.05, 0.1) is 0 Å². The zero-order valence-electron chi connectivity index (χ0n) is 11.8. The molecular weight excluding hydrogens is 218 g/mol. The number of aliphatic hydroxyl groups is 1. The molecule has 0 amide bonds. The van der Waals surface area contributed by atoms with Crippen LogP contribution in [0.2, 0.25) is 0 Å². The Bertz CT molecular complexity index is 158. The molecular formula is C13H29NO3. The molecule has 0 saturated carbocycles. The van der Waals surface area contributed by atoms with Crippen molar-refractivity contribution in [1.82, 2.24) is 5.32 Å². The molecule has 0 aliphatic rings. The molecule has 0 bridgehead atoms. The fourth-order valence-electron chi connectivity index (χ4n) is 1.77. The zero-order chi connectivity index (χ0) is 13.1. The molecule has 104 valence electrons. The minimum Gasteiger partial charge on any atom is -0.396 e. The van der Waals surface area contributed by atoms with Crippen LogP contribution in [-0.4, -0.2) is 44.3 Å². The molecule has 4 nitrogen and oxygen atoms in total. The average molecular weight is 247 g/mol. The van der Waals surface area contributed by atoms with Crippen molar-refractivity contribution in [2.45, 2.75) is 46.8 Å². The Morgan fingerprint density at radius 3 is 1.94 bits per heavy atom. The molecule has 0 radical (unpaired) electrons. The van der Waals surface area contributed by atoms with Crippen LogP contribution in [-0.2, 0) is 9.47 Å². The lowest BCUT2D eigenvalue weighted by molar-refractivity contribution is -0.133. The Morgan fingerprint density at radius 1 is 1.06 bits per heavy atom. The summed E-state index contributed by atoms with van der Waals surface area (Å²) in [5.74, 6) is 0. The molecule has 0 aromatic rings. The van der Waals surface area contributed by atoms with Crippen LogP contribution < -0.4 is 5.32 Å². The van der Waals surface area contributed by atoms with E-state index in [9.17, 15) is 5.11 Å². The predicted molar refractivity (Wildman–Crippen MR) is 70.0 cm³/mol. The SMILES string of the molecule is CCOC(CNCC(CC)(CC)CO)OCC. The quantitative estimate of drug-likeness (QED) is 0.546. The summed E-state index contributed by atoms with van der Waals surface area (Å²) in [4.78, 5) is 0. The number of aliphatic hydroxyl groups excluding tert-OH is 1. The van der Waals surface area contributed by atoms with Crippen LogP contribution in [0.3, 0.4) is 0 Å². The van der Waals surface area contributed by atoms with Crippen molar-refractivity contribution in [3.63, 3.8) is 0 Å². The topological polar surface area (TPSA) is 50.7 Å². The lowest BCUT2D eigenvalue weighted by atomic mass is 9.83. The van der Waals surface area contributed by atoms with Crippen LogP contribution in [0.4, 0.5) is 0 Å². The molecule has 0 rings (SSSR count). The number of hydrogen-bond donors (Lipinski definition) is 2. The van der Waals surface area contributed by atoms with Crippen LogP contribution in [0.25, 0.3) is 0 Å². The van der Waals surface area contributed by atoms with Gasteiger partial charge in [-0.25, -0.2) is 0 Å². The third-order valence-corrected chi connectivity index (χ3v) is 3.35. The van der Waals surface area contributed by atoms with Crippen molar-refractivity contribution in [2.24, 2.45) is 5.41 Å². The smallest absolute Gasteiger partial charge is 0.169 e. The Morgan fingerprint density at radius 2 is 1.59 bits per heavy atom. The van der Waals surface area contributed by atoms with Crippen molar-refractivity contribution >= 4 is 0 Å². The van der Waals surface area contributed by atoms with Gasteiger partial charge in [0.2, 0.25) is 0 Å². The van der Waals surface area contributed by atoms with Crippen molar-refractivity contribution in [2.75, 3.05) is 32.9 Å². The van der Waals surface area contributed by atoms with Crippen LogP contribution in [0, 0.1) is 5.41 Å². The molecule has 0 heterocycles. The lowest BCUT2D eigenvalue weighted by Gasteiger charge is -2.30. The molecule has 0 aromatic carbocycles. The maximum atomic E-state index is 9.45. The minimum absolute atomic E-state index is 0.0109. The third kappa shape index (κ3) is 6.36. The second kappa shape index (κ2) is 9.83. The number of ether oxygens (including phenoxy) is 2. The monoisotopic (exact) mass is 247 g/mol. The van der Waals surface area contributed by atoms with Gasteiger partial charge in [-0.15, -0.1) is 0 Å². The first-order valence-electron chi connectivity index (χ1n) is 6.72. The Hall–Kier alpha value is -0.160. The van der Waals surface area contributed by atoms with Crippen LogP contribution in [0.15, 0.2) is 0 Å². The number of nitrogens with one attached hydrogen (secondary N) is 1. The van der Waals surface area contributed by atoms with E-state index in [1.807, 2.05) is 13.8 Å². The van der Waals surface area contributed by atoms with Gasteiger partial charge in [0.1, 0.15) is 0 Å². The van der Waals surface area contributed by atoms with Gasteiger partial charge in [-0.1, -0.05) is 13.8 Å². The maximum Gasteiger partial charge on any atom is 0.169 e. The maximum absolute atomic E-state index is 9.45. The highest BCUT2D eigenvalue weighted by Gasteiger charge is 2.25. The molecule has 0 spiro atoms. The van der Waals surface area contributed by atoms with E-state index < -0.39 is 0 Å². The summed E-state index contributed by atoms with van der Waals surface area (Å²) in [7, 11) is 0. The summed E-state index contributed by atoms with van der Waals surface area (Å²) in [5.41, 5.74) is -0.0109. The first kappa shape index (κ1) is 16.8. The van der Waals surface area contributed by atoms with E-state index in [0.717, 1.165) is 19.4 Å². The average Bonchev–Trinajstić information content (AvgIpc) is 2.36. The van der Waals surface area contributed by atoms with Crippen LogP contribution >= 0.6 is 0 Å². The molecule has 17 heavy (non-hydrogen) atoms. The summed E-state index contributed by atoms with van der Waals surface area (Å²) in [6, 6.07) is 0. The lowest BCUT2D eigenvalue weighted by Crippen LogP contribution is -2.41. The van der Waals surface area contributed by atoms with Crippen LogP contribution in [0.5, 0.6) is 0 Å². The van der Waals surface area contributed by atoms with Crippen LogP contribution in [0.1, 0.15) is 40.5 Å². The molecule has 0 atom stereocenters. The minimum atomic E-state index is -0.185. The summed E-state index contributed by atoms with van der Waals surface area (Å²) in [6.45, 7) is 11.1. The van der Waals surface area contributed by atoms with Crippen molar-refractivity contribution in [3.8, 4) is 0 Å². The first-order chi connectivity index (χ1) is 8.17. The molecule has 0 saturated heterocycles.